The largest absolute Gasteiger partial charge is 0.372 e. The SMILES string of the molecule is CCOCC(=O)N[C@@H]1CCC[C@H]1C(=O)NC. The summed E-state index contributed by atoms with van der Waals surface area (Å²) in [6.45, 7) is 2.45. The Morgan fingerprint density at radius 3 is 2.75 bits per heavy atom. The average molecular weight is 228 g/mol. The molecule has 2 atom stereocenters. The number of hydrogen-bond acceptors (Lipinski definition) is 3. The van der Waals surface area contributed by atoms with Crippen LogP contribution in [0.3, 0.4) is 0 Å². The third kappa shape index (κ3) is 3.48. The van der Waals surface area contributed by atoms with Crippen LogP contribution in [0.4, 0.5) is 0 Å². The highest BCUT2D eigenvalue weighted by atomic mass is 16.5. The van der Waals surface area contributed by atoms with Gasteiger partial charge in [0.25, 0.3) is 0 Å². The molecule has 0 unspecified atom stereocenters. The van der Waals surface area contributed by atoms with E-state index in [0.29, 0.717) is 6.61 Å². The van der Waals surface area contributed by atoms with Crippen LogP contribution in [-0.2, 0) is 14.3 Å². The summed E-state index contributed by atoms with van der Waals surface area (Å²) in [5, 5.41) is 5.49. The minimum absolute atomic E-state index is 0.0132. The zero-order chi connectivity index (χ0) is 12.0. The number of ether oxygens (including phenoxy) is 1. The molecule has 1 aliphatic carbocycles. The molecule has 1 saturated carbocycles. The van der Waals surface area contributed by atoms with E-state index >= 15 is 0 Å². The first-order valence-corrected chi connectivity index (χ1v) is 5.77. The highest BCUT2D eigenvalue weighted by Gasteiger charge is 2.33. The molecule has 0 bridgehead atoms. The second-order valence-corrected chi connectivity index (χ2v) is 3.96. The number of rotatable bonds is 5. The zero-order valence-electron chi connectivity index (χ0n) is 9.91. The lowest BCUT2D eigenvalue weighted by atomic mass is 10.0. The van der Waals surface area contributed by atoms with Crippen LogP contribution in [0.15, 0.2) is 0 Å². The van der Waals surface area contributed by atoms with E-state index in [4.69, 9.17) is 4.74 Å². The number of carbonyl (C=O) groups is 2. The maximum atomic E-state index is 11.5. The van der Waals surface area contributed by atoms with E-state index in [1.165, 1.54) is 0 Å². The van der Waals surface area contributed by atoms with E-state index in [1.54, 1.807) is 7.05 Å². The molecule has 1 aliphatic rings. The van der Waals surface area contributed by atoms with E-state index < -0.39 is 0 Å². The lowest BCUT2D eigenvalue weighted by molar-refractivity contribution is -0.128. The van der Waals surface area contributed by atoms with Crippen molar-refractivity contribution >= 4 is 11.8 Å². The molecule has 0 aromatic carbocycles. The summed E-state index contributed by atoms with van der Waals surface area (Å²) < 4.78 is 5.02. The monoisotopic (exact) mass is 228 g/mol. The molecular formula is C11H20N2O3. The van der Waals surface area contributed by atoms with Crippen molar-refractivity contribution in [3.8, 4) is 0 Å². The molecule has 2 N–H and O–H groups in total. The van der Waals surface area contributed by atoms with Crippen molar-refractivity contribution in [1.29, 1.82) is 0 Å². The van der Waals surface area contributed by atoms with Crippen LogP contribution in [0.25, 0.3) is 0 Å². The topological polar surface area (TPSA) is 67.4 Å². The lowest BCUT2D eigenvalue weighted by Crippen LogP contribution is -2.44. The molecule has 0 aromatic heterocycles. The summed E-state index contributed by atoms with van der Waals surface area (Å²) in [5.41, 5.74) is 0. The summed E-state index contributed by atoms with van der Waals surface area (Å²) in [4.78, 5) is 23.0. The molecule has 16 heavy (non-hydrogen) atoms. The third-order valence-electron chi connectivity index (χ3n) is 2.88. The number of nitrogens with one attached hydrogen (secondary N) is 2. The van der Waals surface area contributed by atoms with Gasteiger partial charge in [0.05, 0.1) is 5.92 Å². The van der Waals surface area contributed by atoms with Gasteiger partial charge >= 0.3 is 0 Å². The van der Waals surface area contributed by atoms with Gasteiger partial charge in [-0.1, -0.05) is 6.42 Å². The van der Waals surface area contributed by atoms with E-state index in [9.17, 15) is 9.59 Å². The average Bonchev–Trinajstić information content (AvgIpc) is 2.73. The fraction of sp³-hybridized carbons (Fsp3) is 0.818. The van der Waals surface area contributed by atoms with Gasteiger partial charge in [-0.05, 0) is 19.8 Å². The third-order valence-corrected chi connectivity index (χ3v) is 2.88. The second-order valence-electron chi connectivity index (χ2n) is 3.96. The van der Waals surface area contributed by atoms with Crippen molar-refractivity contribution in [2.45, 2.75) is 32.2 Å². The van der Waals surface area contributed by atoms with E-state index in [1.807, 2.05) is 6.92 Å². The lowest BCUT2D eigenvalue weighted by Gasteiger charge is -2.19. The molecule has 0 heterocycles. The highest BCUT2D eigenvalue weighted by molar-refractivity contribution is 5.82. The Bertz CT molecular complexity index is 256. The van der Waals surface area contributed by atoms with E-state index in [-0.39, 0.29) is 30.4 Å². The van der Waals surface area contributed by atoms with Gasteiger partial charge in [0.1, 0.15) is 6.61 Å². The summed E-state index contributed by atoms with van der Waals surface area (Å²) in [7, 11) is 1.62. The van der Waals surface area contributed by atoms with Crippen LogP contribution in [0.1, 0.15) is 26.2 Å². The predicted molar refractivity (Wildman–Crippen MR) is 59.8 cm³/mol. The zero-order valence-corrected chi connectivity index (χ0v) is 9.91. The molecule has 1 fully saturated rings. The van der Waals surface area contributed by atoms with Gasteiger partial charge in [0, 0.05) is 19.7 Å². The van der Waals surface area contributed by atoms with Crippen LogP contribution in [0.5, 0.6) is 0 Å². The Hall–Kier alpha value is -1.10. The van der Waals surface area contributed by atoms with Gasteiger partial charge in [-0.3, -0.25) is 9.59 Å². The van der Waals surface area contributed by atoms with Crippen molar-refractivity contribution < 1.29 is 14.3 Å². The molecule has 1 rings (SSSR count). The summed E-state index contributed by atoms with van der Waals surface area (Å²) >= 11 is 0. The van der Waals surface area contributed by atoms with Crippen LogP contribution >= 0.6 is 0 Å². The van der Waals surface area contributed by atoms with Crippen LogP contribution in [0.2, 0.25) is 0 Å². The Morgan fingerprint density at radius 2 is 2.12 bits per heavy atom. The van der Waals surface area contributed by atoms with Gasteiger partial charge < -0.3 is 15.4 Å². The predicted octanol–water partition coefficient (Wildman–Crippen LogP) is 0.0538. The molecule has 0 aromatic rings. The maximum absolute atomic E-state index is 11.5. The first-order chi connectivity index (χ1) is 7.69. The molecule has 5 heteroatoms. The molecule has 0 radical (unpaired) electrons. The van der Waals surface area contributed by atoms with Crippen molar-refractivity contribution in [2.24, 2.45) is 5.92 Å². The van der Waals surface area contributed by atoms with Crippen LogP contribution < -0.4 is 10.6 Å². The highest BCUT2D eigenvalue weighted by Crippen LogP contribution is 2.25. The Balaban J connectivity index is 2.40. The fourth-order valence-electron chi connectivity index (χ4n) is 2.08. The van der Waals surface area contributed by atoms with Crippen LogP contribution in [0, 0.1) is 5.92 Å². The summed E-state index contributed by atoms with van der Waals surface area (Å²) in [6, 6.07) is -0.0343. The molecule has 5 nitrogen and oxygen atoms in total. The maximum Gasteiger partial charge on any atom is 0.246 e. The minimum Gasteiger partial charge on any atom is -0.372 e. The number of amides is 2. The van der Waals surface area contributed by atoms with Crippen molar-refractivity contribution in [3.63, 3.8) is 0 Å². The van der Waals surface area contributed by atoms with Crippen molar-refractivity contribution in [2.75, 3.05) is 20.3 Å². The van der Waals surface area contributed by atoms with Gasteiger partial charge in [0.15, 0.2) is 0 Å². The Labute approximate surface area is 95.9 Å². The fourth-order valence-corrected chi connectivity index (χ4v) is 2.08. The molecule has 0 saturated heterocycles. The number of hydrogen-bond donors (Lipinski definition) is 2. The standard InChI is InChI=1S/C11H20N2O3/c1-3-16-7-10(14)13-9-6-4-5-8(9)11(15)12-2/h8-9H,3-7H2,1-2H3,(H,12,15)(H,13,14)/t8-,9-/m1/s1. The van der Waals surface area contributed by atoms with E-state index in [0.717, 1.165) is 19.3 Å². The first-order valence-electron chi connectivity index (χ1n) is 5.77. The Kier molecular flexibility index (Phi) is 5.25. The molecular weight excluding hydrogens is 208 g/mol. The molecule has 2 amide bonds. The molecule has 92 valence electrons. The summed E-state index contributed by atoms with van der Waals surface area (Å²) in [6.07, 6.45) is 2.70. The van der Waals surface area contributed by atoms with Crippen molar-refractivity contribution in [3.05, 3.63) is 0 Å². The second kappa shape index (κ2) is 6.48. The summed E-state index contributed by atoms with van der Waals surface area (Å²) in [5.74, 6) is -0.211. The van der Waals surface area contributed by atoms with E-state index in [2.05, 4.69) is 10.6 Å². The molecule has 0 spiro atoms. The quantitative estimate of drug-likeness (QED) is 0.699. The first kappa shape index (κ1) is 13.0. The van der Waals surface area contributed by atoms with Gasteiger partial charge in [-0.25, -0.2) is 0 Å². The van der Waals surface area contributed by atoms with Gasteiger partial charge in [-0.15, -0.1) is 0 Å². The van der Waals surface area contributed by atoms with Gasteiger partial charge in [-0.2, -0.15) is 0 Å². The van der Waals surface area contributed by atoms with Gasteiger partial charge in [0.2, 0.25) is 11.8 Å². The number of carbonyl (C=O) groups excluding carboxylic acids is 2. The minimum atomic E-state index is -0.136. The normalized spacial score (nSPS) is 24.1. The molecule has 0 aliphatic heterocycles. The smallest absolute Gasteiger partial charge is 0.246 e. The Morgan fingerprint density at radius 1 is 1.38 bits per heavy atom. The van der Waals surface area contributed by atoms with Crippen LogP contribution in [-0.4, -0.2) is 38.1 Å². The van der Waals surface area contributed by atoms with Crippen molar-refractivity contribution in [1.82, 2.24) is 10.6 Å².